The monoisotopic (exact) mass is 224 g/mol. The molecule has 2 unspecified atom stereocenters. The second kappa shape index (κ2) is 5.17. The van der Waals surface area contributed by atoms with Crippen molar-refractivity contribution in [1.29, 1.82) is 0 Å². The summed E-state index contributed by atoms with van der Waals surface area (Å²) < 4.78 is 0. The van der Waals surface area contributed by atoms with E-state index in [1.54, 1.807) is 0 Å². The summed E-state index contributed by atoms with van der Waals surface area (Å²) in [5, 5.41) is 6.49. The minimum Gasteiger partial charge on any atom is -0.352 e. The number of hydrogen-bond donors (Lipinski definition) is 2. The minimum absolute atomic E-state index is 0.0452. The molecule has 2 aliphatic carbocycles. The van der Waals surface area contributed by atoms with E-state index in [0.717, 1.165) is 18.8 Å². The first-order valence-corrected chi connectivity index (χ1v) is 6.73. The lowest BCUT2D eigenvalue weighted by Crippen LogP contribution is -2.48. The fraction of sp³-hybridized carbons (Fsp3) is 0.923. The van der Waals surface area contributed by atoms with E-state index in [9.17, 15) is 4.79 Å². The van der Waals surface area contributed by atoms with Crippen molar-refractivity contribution >= 4 is 5.91 Å². The summed E-state index contributed by atoms with van der Waals surface area (Å²) in [6.07, 6.45) is 7.70. The van der Waals surface area contributed by atoms with Crippen molar-refractivity contribution in [1.82, 2.24) is 10.6 Å². The molecular weight excluding hydrogens is 200 g/mol. The van der Waals surface area contributed by atoms with Crippen molar-refractivity contribution in [2.24, 2.45) is 5.92 Å². The average Bonchev–Trinajstić information content (AvgIpc) is 2.89. The molecular formula is C13H24N2O. The Kier molecular flexibility index (Phi) is 3.85. The molecule has 0 aliphatic heterocycles. The predicted octanol–water partition coefficient (Wildman–Crippen LogP) is 1.82. The largest absolute Gasteiger partial charge is 0.352 e. The van der Waals surface area contributed by atoms with Gasteiger partial charge in [-0.2, -0.15) is 0 Å². The Hall–Kier alpha value is -0.570. The van der Waals surface area contributed by atoms with Gasteiger partial charge in [0.2, 0.25) is 5.91 Å². The van der Waals surface area contributed by atoms with Gasteiger partial charge in [-0.25, -0.2) is 0 Å². The van der Waals surface area contributed by atoms with Crippen LogP contribution in [0.1, 0.15) is 52.4 Å². The van der Waals surface area contributed by atoms with Crippen molar-refractivity contribution in [2.75, 3.05) is 0 Å². The van der Waals surface area contributed by atoms with Gasteiger partial charge >= 0.3 is 0 Å². The Morgan fingerprint density at radius 1 is 1.12 bits per heavy atom. The van der Waals surface area contributed by atoms with Gasteiger partial charge in [0.05, 0.1) is 6.04 Å². The van der Waals surface area contributed by atoms with Gasteiger partial charge in [-0.05, 0) is 45.4 Å². The molecule has 0 aromatic heterocycles. The highest BCUT2D eigenvalue weighted by atomic mass is 16.2. The molecule has 2 fully saturated rings. The maximum atomic E-state index is 11.8. The van der Waals surface area contributed by atoms with E-state index in [-0.39, 0.29) is 11.9 Å². The van der Waals surface area contributed by atoms with Crippen LogP contribution in [0.15, 0.2) is 0 Å². The molecule has 0 bridgehead atoms. The van der Waals surface area contributed by atoms with Gasteiger partial charge in [0.1, 0.15) is 0 Å². The van der Waals surface area contributed by atoms with Crippen LogP contribution in [0.3, 0.4) is 0 Å². The summed E-state index contributed by atoms with van der Waals surface area (Å²) in [6, 6.07) is 0.900. The van der Waals surface area contributed by atoms with Crippen LogP contribution < -0.4 is 10.6 Å². The van der Waals surface area contributed by atoms with Gasteiger partial charge in [0.15, 0.2) is 0 Å². The van der Waals surface area contributed by atoms with Crippen molar-refractivity contribution in [2.45, 2.75) is 70.5 Å². The lowest BCUT2D eigenvalue weighted by atomic mass is 9.99. The molecule has 2 rings (SSSR count). The molecule has 2 saturated carbocycles. The van der Waals surface area contributed by atoms with Crippen LogP contribution in [0.5, 0.6) is 0 Å². The summed E-state index contributed by atoms with van der Waals surface area (Å²) in [4.78, 5) is 11.8. The Balaban J connectivity index is 1.71. The van der Waals surface area contributed by atoms with E-state index in [4.69, 9.17) is 0 Å². The summed E-state index contributed by atoms with van der Waals surface area (Å²) in [6.45, 7) is 4.19. The number of carbonyl (C=O) groups excluding carboxylic acids is 1. The van der Waals surface area contributed by atoms with Crippen LogP contribution >= 0.6 is 0 Å². The molecule has 1 amide bonds. The van der Waals surface area contributed by atoms with Gasteiger partial charge in [-0.15, -0.1) is 0 Å². The zero-order valence-electron chi connectivity index (χ0n) is 10.5. The Labute approximate surface area is 98.4 Å². The van der Waals surface area contributed by atoms with Crippen LogP contribution in [0, 0.1) is 5.92 Å². The quantitative estimate of drug-likeness (QED) is 0.748. The summed E-state index contributed by atoms with van der Waals surface area (Å²) in [5.74, 6) is 0.948. The number of nitrogens with one attached hydrogen (secondary N) is 2. The number of hydrogen-bond acceptors (Lipinski definition) is 2. The lowest BCUT2D eigenvalue weighted by Gasteiger charge is -2.24. The van der Waals surface area contributed by atoms with Gasteiger partial charge < -0.3 is 10.6 Å². The van der Waals surface area contributed by atoms with Crippen molar-refractivity contribution < 1.29 is 4.79 Å². The molecule has 0 spiro atoms. The molecule has 0 aromatic rings. The molecule has 0 aromatic carbocycles. The summed E-state index contributed by atoms with van der Waals surface area (Å²) in [7, 11) is 0. The molecule has 3 heteroatoms. The standard InChI is InChI=1S/C13H24N2O/c1-9(11-5-3-4-6-11)14-10(2)13(16)15-12-7-8-12/h9-12,14H,3-8H2,1-2H3,(H,15,16). The second-order valence-corrected chi connectivity index (χ2v) is 5.50. The predicted molar refractivity (Wildman–Crippen MR) is 65.2 cm³/mol. The maximum absolute atomic E-state index is 11.8. The molecule has 2 N–H and O–H groups in total. The van der Waals surface area contributed by atoms with Crippen LogP contribution in [0.2, 0.25) is 0 Å². The van der Waals surface area contributed by atoms with E-state index in [1.165, 1.54) is 25.7 Å². The number of carbonyl (C=O) groups is 1. The van der Waals surface area contributed by atoms with Gasteiger partial charge in [0, 0.05) is 12.1 Å². The molecule has 92 valence electrons. The van der Waals surface area contributed by atoms with Crippen molar-refractivity contribution in [3.63, 3.8) is 0 Å². The van der Waals surface area contributed by atoms with Crippen LogP contribution in [0.4, 0.5) is 0 Å². The molecule has 0 saturated heterocycles. The smallest absolute Gasteiger partial charge is 0.237 e. The normalized spacial score (nSPS) is 25.4. The zero-order valence-corrected chi connectivity index (χ0v) is 10.5. The third-order valence-electron chi connectivity index (χ3n) is 3.94. The Morgan fingerprint density at radius 2 is 1.75 bits per heavy atom. The topological polar surface area (TPSA) is 41.1 Å². The molecule has 16 heavy (non-hydrogen) atoms. The first-order chi connectivity index (χ1) is 7.66. The summed E-state index contributed by atoms with van der Waals surface area (Å²) in [5.41, 5.74) is 0. The Bertz CT molecular complexity index is 244. The second-order valence-electron chi connectivity index (χ2n) is 5.50. The zero-order chi connectivity index (χ0) is 11.5. The summed E-state index contributed by atoms with van der Waals surface area (Å²) >= 11 is 0. The van der Waals surface area contributed by atoms with E-state index in [2.05, 4.69) is 17.6 Å². The third kappa shape index (κ3) is 3.21. The lowest BCUT2D eigenvalue weighted by molar-refractivity contribution is -0.123. The molecule has 0 heterocycles. The highest BCUT2D eigenvalue weighted by Crippen LogP contribution is 2.27. The highest BCUT2D eigenvalue weighted by molar-refractivity contribution is 5.81. The third-order valence-corrected chi connectivity index (χ3v) is 3.94. The first-order valence-electron chi connectivity index (χ1n) is 6.73. The van der Waals surface area contributed by atoms with Crippen LogP contribution in [0.25, 0.3) is 0 Å². The molecule has 2 atom stereocenters. The van der Waals surface area contributed by atoms with E-state index >= 15 is 0 Å². The molecule has 3 nitrogen and oxygen atoms in total. The fourth-order valence-electron chi connectivity index (χ4n) is 2.62. The van der Waals surface area contributed by atoms with Gasteiger partial charge in [0.25, 0.3) is 0 Å². The SMILES string of the molecule is CC(NC(C)C1CCCC1)C(=O)NC1CC1. The number of amides is 1. The maximum Gasteiger partial charge on any atom is 0.237 e. The first kappa shape index (κ1) is 11.9. The molecule has 0 radical (unpaired) electrons. The van der Waals surface area contributed by atoms with Crippen LogP contribution in [-0.2, 0) is 4.79 Å². The number of rotatable bonds is 5. The van der Waals surface area contributed by atoms with E-state index in [0.29, 0.717) is 12.1 Å². The fourth-order valence-corrected chi connectivity index (χ4v) is 2.62. The Morgan fingerprint density at radius 3 is 2.31 bits per heavy atom. The molecule has 2 aliphatic rings. The van der Waals surface area contributed by atoms with Gasteiger partial charge in [-0.1, -0.05) is 12.8 Å². The van der Waals surface area contributed by atoms with E-state index in [1.807, 2.05) is 6.92 Å². The van der Waals surface area contributed by atoms with Crippen molar-refractivity contribution in [3.8, 4) is 0 Å². The van der Waals surface area contributed by atoms with Gasteiger partial charge in [-0.3, -0.25) is 4.79 Å². The van der Waals surface area contributed by atoms with E-state index < -0.39 is 0 Å². The average molecular weight is 224 g/mol. The highest BCUT2D eigenvalue weighted by Gasteiger charge is 2.28. The minimum atomic E-state index is -0.0452. The van der Waals surface area contributed by atoms with Crippen molar-refractivity contribution in [3.05, 3.63) is 0 Å². The van der Waals surface area contributed by atoms with Crippen LogP contribution in [-0.4, -0.2) is 24.0 Å².